The largest absolute Gasteiger partial charge is 0.497 e. The average molecular weight is 293 g/mol. The van der Waals surface area contributed by atoms with Gasteiger partial charge in [-0.3, -0.25) is 4.79 Å². The van der Waals surface area contributed by atoms with Crippen LogP contribution in [0, 0.1) is 0 Å². The van der Waals surface area contributed by atoms with Gasteiger partial charge >= 0.3 is 5.97 Å². The average Bonchev–Trinajstić information content (AvgIpc) is 2.53. The first-order valence-corrected chi connectivity index (χ1v) is 6.80. The molecule has 0 saturated carbocycles. The Bertz CT molecular complexity index is 531. The van der Waals surface area contributed by atoms with E-state index in [2.05, 4.69) is 0 Å². The predicted octanol–water partition coefficient (Wildman–Crippen LogP) is 1.11. The summed E-state index contributed by atoms with van der Waals surface area (Å²) in [5.74, 6) is -0.801. The lowest BCUT2D eigenvalue weighted by Gasteiger charge is -2.32. The molecule has 0 aliphatic carbocycles. The number of aliphatic carboxylic acids is 1. The molecule has 6 nitrogen and oxygen atoms in total. The Morgan fingerprint density at radius 1 is 1.48 bits per heavy atom. The molecule has 1 fully saturated rings. The molecule has 1 aromatic carbocycles. The highest BCUT2D eigenvalue weighted by molar-refractivity contribution is 5.84. The standard InChI is InChI=1S/C15H19NO5/c1-10(11-4-3-5-12(8-11)20-2)14(17)16-6-7-21-13(9-16)15(18)19/h3-5,8,10,13H,6-7,9H2,1-2H3,(H,18,19)/t10-,13-/m0/s1. The van der Waals surface area contributed by atoms with Gasteiger partial charge in [0.2, 0.25) is 5.91 Å². The molecule has 2 atom stereocenters. The molecule has 1 aliphatic heterocycles. The zero-order valence-corrected chi connectivity index (χ0v) is 12.1. The maximum absolute atomic E-state index is 12.5. The van der Waals surface area contributed by atoms with E-state index in [0.29, 0.717) is 12.3 Å². The summed E-state index contributed by atoms with van der Waals surface area (Å²) in [5, 5.41) is 8.98. The Hall–Kier alpha value is -2.08. The van der Waals surface area contributed by atoms with Crippen molar-refractivity contribution in [3.63, 3.8) is 0 Å². The second-order valence-electron chi connectivity index (χ2n) is 4.98. The van der Waals surface area contributed by atoms with Crippen molar-refractivity contribution >= 4 is 11.9 Å². The van der Waals surface area contributed by atoms with Gasteiger partial charge in [-0.1, -0.05) is 12.1 Å². The molecule has 0 aromatic heterocycles. The summed E-state index contributed by atoms with van der Waals surface area (Å²) in [4.78, 5) is 25.0. The van der Waals surface area contributed by atoms with Gasteiger partial charge in [-0.15, -0.1) is 0 Å². The topological polar surface area (TPSA) is 76.1 Å². The fourth-order valence-corrected chi connectivity index (χ4v) is 2.33. The SMILES string of the molecule is COc1cccc([C@H](C)C(=O)N2CCO[C@H](C(=O)O)C2)c1. The third-order valence-electron chi connectivity index (χ3n) is 3.62. The summed E-state index contributed by atoms with van der Waals surface area (Å²) in [5.41, 5.74) is 0.845. The normalized spacial score (nSPS) is 19.9. The molecule has 114 valence electrons. The van der Waals surface area contributed by atoms with Crippen molar-refractivity contribution < 1.29 is 24.2 Å². The van der Waals surface area contributed by atoms with Crippen LogP contribution >= 0.6 is 0 Å². The third kappa shape index (κ3) is 3.52. The fraction of sp³-hybridized carbons (Fsp3) is 0.467. The summed E-state index contributed by atoms with van der Waals surface area (Å²) < 4.78 is 10.3. The highest BCUT2D eigenvalue weighted by atomic mass is 16.5. The van der Waals surface area contributed by atoms with Crippen molar-refractivity contribution in [3.8, 4) is 5.75 Å². The minimum absolute atomic E-state index is 0.0858. The van der Waals surface area contributed by atoms with Gasteiger partial charge in [0.25, 0.3) is 0 Å². The van der Waals surface area contributed by atoms with Crippen LogP contribution in [0.15, 0.2) is 24.3 Å². The Morgan fingerprint density at radius 2 is 2.24 bits per heavy atom. The summed E-state index contributed by atoms with van der Waals surface area (Å²) in [6, 6.07) is 7.32. The molecule has 0 unspecified atom stereocenters. The number of carboxylic acid groups (broad SMARTS) is 1. The number of carbonyl (C=O) groups is 2. The van der Waals surface area contributed by atoms with Crippen LogP contribution in [0.2, 0.25) is 0 Å². The molecule has 2 rings (SSSR count). The molecule has 21 heavy (non-hydrogen) atoms. The third-order valence-corrected chi connectivity index (χ3v) is 3.62. The minimum atomic E-state index is -1.04. The first kappa shape index (κ1) is 15.3. The summed E-state index contributed by atoms with van der Waals surface area (Å²) in [7, 11) is 1.57. The van der Waals surface area contributed by atoms with Crippen molar-refractivity contribution in [3.05, 3.63) is 29.8 Å². The quantitative estimate of drug-likeness (QED) is 0.900. The maximum Gasteiger partial charge on any atom is 0.334 e. The highest BCUT2D eigenvalue weighted by Gasteiger charge is 2.31. The molecule has 1 N–H and O–H groups in total. The second kappa shape index (κ2) is 6.58. The van der Waals surface area contributed by atoms with Gasteiger partial charge in [-0.05, 0) is 24.6 Å². The van der Waals surface area contributed by atoms with E-state index in [1.807, 2.05) is 31.2 Å². The second-order valence-corrected chi connectivity index (χ2v) is 4.98. The molecule has 1 saturated heterocycles. The zero-order valence-electron chi connectivity index (χ0n) is 12.1. The minimum Gasteiger partial charge on any atom is -0.497 e. The number of methoxy groups -OCH3 is 1. The van der Waals surface area contributed by atoms with Crippen LogP contribution in [0.1, 0.15) is 18.4 Å². The van der Waals surface area contributed by atoms with E-state index in [1.165, 1.54) is 0 Å². The molecule has 0 bridgehead atoms. The summed E-state index contributed by atoms with van der Waals surface area (Å²) in [6.07, 6.45) is -0.944. The lowest BCUT2D eigenvalue weighted by molar-refractivity contribution is -0.159. The predicted molar refractivity (Wildman–Crippen MR) is 75.4 cm³/mol. The molecule has 1 heterocycles. The molecular weight excluding hydrogens is 274 g/mol. The van der Waals surface area contributed by atoms with Crippen molar-refractivity contribution in [1.29, 1.82) is 0 Å². The molecular formula is C15H19NO5. The van der Waals surface area contributed by atoms with Crippen molar-refractivity contribution in [1.82, 2.24) is 4.90 Å². The molecule has 0 spiro atoms. The van der Waals surface area contributed by atoms with E-state index in [1.54, 1.807) is 12.0 Å². The van der Waals surface area contributed by atoms with E-state index in [9.17, 15) is 9.59 Å². The number of nitrogens with zero attached hydrogens (tertiary/aromatic N) is 1. The van der Waals surface area contributed by atoms with Crippen LogP contribution in [0.4, 0.5) is 0 Å². The zero-order chi connectivity index (χ0) is 15.4. The molecule has 0 radical (unpaired) electrons. The Balaban J connectivity index is 2.09. The maximum atomic E-state index is 12.5. The number of hydrogen-bond acceptors (Lipinski definition) is 4. The van der Waals surface area contributed by atoms with Crippen molar-refractivity contribution in [2.24, 2.45) is 0 Å². The first-order valence-electron chi connectivity index (χ1n) is 6.80. The van der Waals surface area contributed by atoms with Gasteiger partial charge in [-0.25, -0.2) is 4.79 Å². The van der Waals surface area contributed by atoms with E-state index in [0.717, 1.165) is 5.56 Å². The van der Waals surface area contributed by atoms with E-state index < -0.39 is 12.1 Å². The number of rotatable bonds is 4. The van der Waals surface area contributed by atoms with E-state index in [-0.39, 0.29) is 25.0 Å². The highest BCUT2D eigenvalue weighted by Crippen LogP contribution is 2.23. The fourth-order valence-electron chi connectivity index (χ4n) is 2.33. The Kier molecular flexibility index (Phi) is 4.80. The van der Waals surface area contributed by atoms with Crippen LogP contribution in [0.25, 0.3) is 0 Å². The van der Waals surface area contributed by atoms with Gasteiger partial charge in [0, 0.05) is 6.54 Å². The van der Waals surface area contributed by atoms with Crippen LogP contribution < -0.4 is 4.74 Å². The lowest BCUT2D eigenvalue weighted by atomic mass is 9.99. The van der Waals surface area contributed by atoms with Crippen LogP contribution in [0.3, 0.4) is 0 Å². The van der Waals surface area contributed by atoms with Crippen molar-refractivity contribution in [2.45, 2.75) is 18.9 Å². The van der Waals surface area contributed by atoms with Gasteiger partial charge in [-0.2, -0.15) is 0 Å². The number of carbonyl (C=O) groups excluding carboxylic acids is 1. The van der Waals surface area contributed by atoms with Gasteiger partial charge < -0.3 is 19.5 Å². The Morgan fingerprint density at radius 3 is 2.90 bits per heavy atom. The van der Waals surface area contributed by atoms with Gasteiger partial charge in [0.05, 0.1) is 26.2 Å². The molecule has 6 heteroatoms. The van der Waals surface area contributed by atoms with Crippen molar-refractivity contribution in [2.75, 3.05) is 26.8 Å². The summed E-state index contributed by atoms with van der Waals surface area (Å²) >= 11 is 0. The van der Waals surface area contributed by atoms with E-state index >= 15 is 0 Å². The molecule has 1 aromatic rings. The summed E-state index contributed by atoms with van der Waals surface area (Å²) in [6.45, 7) is 2.55. The molecule has 1 amide bonds. The lowest BCUT2D eigenvalue weighted by Crippen LogP contribution is -2.49. The number of amides is 1. The number of hydrogen-bond donors (Lipinski definition) is 1. The first-order chi connectivity index (χ1) is 10.0. The molecule has 1 aliphatic rings. The van der Waals surface area contributed by atoms with Gasteiger partial charge in [0.1, 0.15) is 5.75 Å². The van der Waals surface area contributed by atoms with Crippen LogP contribution in [-0.4, -0.2) is 54.8 Å². The van der Waals surface area contributed by atoms with Gasteiger partial charge in [0.15, 0.2) is 6.10 Å². The monoisotopic (exact) mass is 293 g/mol. The number of ether oxygens (including phenoxy) is 2. The number of benzene rings is 1. The number of carboxylic acids is 1. The van der Waals surface area contributed by atoms with Crippen LogP contribution in [0.5, 0.6) is 5.75 Å². The van der Waals surface area contributed by atoms with Crippen LogP contribution in [-0.2, 0) is 14.3 Å². The Labute approximate surface area is 123 Å². The van der Waals surface area contributed by atoms with E-state index in [4.69, 9.17) is 14.6 Å². The smallest absolute Gasteiger partial charge is 0.334 e. The number of morpholine rings is 1.